The number of carboxylic acids is 1. The largest absolute Gasteiger partial charge is 0.497 e. The number of methoxy groups -OCH3 is 2. The normalized spacial score (nSPS) is 11.4. The highest BCUT2D eigenvalue weighted by Gasteiger charge is 2.22. The first-order valence-electron chi connectivity index (χ1n) is 9.00. The van der Waals surface area contributed by atoms with E-state index in [-0.39, 0.29) is 31.9 Å². The standard InChI is InChI=1S/C20H26N2O6S/c1-27-18-7-3-16(4-8-18)14-22(15-17-5-9-19(28-2)10-6-17)29(25,26)12-11-21-13-20(23)24/h3-10,21H,11-15H2,1-2H3,(H,23,24). The van der Waals surface area contributed by atoms with Crippen molar-refractivity contribution in [3.8, 4) is 11.5 Å². The molecule has 0 radical (unpaired) electrons. The Morgan fingerprint density at radius 3 is 1.76 bits per heavy atom. The average molecular weight is 423 g/mol. The maximum absolute atomic E-state index is 12.9. The summed E-state index contributed by atoms with van der Waals surface area (Å²) in [4.78, 5) is 10.6. The fourth-order valence-corrected chi connectivity index (χ4v) is 4.00. The fourth-order valence-electron chi connectivity index (χ4n) is 2.65. The Hall–Kier alpha value is -2.62. The molecule has 0 atom stereocenters. The van der Waals surface area contributed by atoms with Gasteiger partial charge in [-0.15, -0.1) is 0 Å². The van der Waals surface area contributed by atoms with Gasteiger partial charge in [-0.05, 0) is 35.4 Å². The molecule has 0 fully saturated rings. The molecular formula is C20H26N2O6S. The lowest BCUT2D eigenvalue weighted by Gasteiger charge is -2.23. The molecular weight excluding hydrogens is 396 g/mol. The number of rotatable bonds is 12. The van der Waals surface area contributed by atoms with Crippen molar-refractivity contribution in [1.29, 1.82) is 0 Å². The molecule has 2 aromatic rings. The summed E-state index contributed by atoms with van der Waals surface area (Å²) in [5, 5.41) is 11.3. The number of carboxylic acid groups (broad SMARTS) is 1. The number of hydrogen-bond donors (Lipinski definition) is 2. The van der Waals surface area contributed by atoms with Gasteiger partial charge in [0.1, 0.15) is 11.5 Å². The molecule has 29 heavy (non-hydrogen) atoms. The molecule has 0 bridgehead atoms. The van der Waals surface area contributed by atoms with E-state index >= 15 is 0 Å². The van der Waals surface area contributed by atoms with Crippen LogP contribution in [0.3, 0.4) is 0 Å². The zero-order valence-electron chi connectivity index (χ0n) is 16.5. The second-order valence-electron chi connectivity index (χ2n) is 6.35. The summed E-state index contributed by atoms with van der Waals surface area (Å²) >= 11 is 0. The van der Waals surface area contributed by atoms with E-state index in [0.29, 0.717) is 11.5 Å². The van der Waals surface area contributed by atoms with Gasteiger partial charge in [0.2, 0.25) is 10.0 Å². The van der Waals surface area contributed by atoms with Crippen LogP contribution in [0.1, 0.15) is 11.1 Å². The third-order valence-corrected chi connectivity index (χ3v) is 6.01. The molecule has 0 saturated carbocycles. The van der Waals surface area contributed by atoms with Gasteiger partial charge in [0.05, 0.1) is 26.5 Å². The maximum atomic E-state index is 12.9. The van der Waals surface area contributed by atoms with Gasteiger partial charge < -0.3 is 19.9 Å². The van der Waals surface area contributed by atoms with Crippen molar-refractivity contribution in [2.24, 2.45) is 0 Å². The van der Waals surface area contributed by atoms with E-state index in [1.54, 1.807) is 38.5 Å². The minimum atomic E-state index is -3.63. The Labute approximate surface area is 171 Å². The summed E-state index contributed by atoms with van der Waals surface area (Å²) in [6.07, 6.45) is 0. The molecule has 0 heterocycles. The SMILES string of the molecule is COc1ccc(CN(Cc2ccc(OC)cc2)S(=O)(=O)CCNCC(=O)O)cc1. The topological polar surface area (TPSA) is 105 Å². The second-order valence-corrected chi connectivity index (χ2v) is 8.44. The van der Waals surface area contributed by atoms with E-state index in [4.69, 9.17) is 14.6 Å². The molecule has 158 valence electrons. The van der Waals surface area contributed by atoms with Crippen LogP contribution in [-0.2, 0) is 27.9 Å². The molecule has 2 aromatic carbocycles. The van der Waals surface area contributed by atoms with Crippen molar-refractivity contribution >= 4 is 16.0 Å². The highest BCUT2D eigenvalue weighted by Crippen LogP contribution is 2.19. The lowest BCUT2D eigenvalue weighted by Crippen LogP contribution is -2.36. The van der Waals surface area contributed by atoms with Crippen LogP contribution >= 0.6 is 0 Å². The number of benzene rings is 2. The zero-order valence-corrected chi connectivity index (χ0v) is 17.3. The molecule has 9 heteroatoms. The van der Waals surface area contributed by atoms with E-state index in [2.05, 4.69) is 5.32 Å². The van der Waals surface area contributed by atoms with Crippen molar-refractivity contribution in [3.63, 3.8) is 0 Å². The minimum Gasteiger partial charge on any atom is -0.497 e. The summed E-state index contributed by atoms with van der Waals surface area (Å²) in [6.45, 7) is 0.150. The summed E-state index contributed by atoms with van der Waals surface area (Å²) in [6, 6.07) is 14.4. The van der Waals surface area contributed by atoms with Crippen LogP contribution in [0.2, 0.25) is 0 Å². The van der Waals surface area contributed by atoms with Crippen molar-refractivity contribution < 1.29 is 27.8 Å². The monoisotopic (exact) mass is 422 g/mol. The number of nitrogens with one attached hydrogen (secondary N) is 1. The number of carbonyl (C=O) groups is 1. The van der Waals surface area contributed by atoms with E-state index in [9.17, 15) is 13.2 Å². The smallest absolute Gasteiger partial charge is 0.317 e. The fraction of sp³-hybridized carbons (Fsp3) is 0.350. The maximum Gasteiger partial charge on any atom is 0.317 e. The Morgan fingerprint density at radius 2 is 1.38 bits per heavy atom. The van der Waals surface area contributed by atoms with Crippen LogP contribution in [0.5, 0.6) is 11.5 Å². The van der Waals surface area contributed by atoms with Crippen LogP contribution in [0, 0.1) is 0 Å². The molecule has 2 N–H and O–H groups in total. The Morgan fingerprint density at radius 1 is 0.931 bits per heavy atom. The summed E-state index contributed by atoms with van der Waals surface area (Å²) in [5.74, 6) is 0.148. The molecule has 0 saturated heterocycles. The predicted octanol–water partition coefficient (Wildman–Crippen LogP) is 1.71. The lowest BCUT2D eigenvalue weighted by molar-refractivity contribution is -0.135. The van der Waals surface area contributed by atoms with Gasteiger partial charge in [-0.3, -0.25) is 4.79 Å². The third kappa shape index (κ3) is 7.37. The zero-order chi connectivity index (χ0) is 21.3. The van der Waals surface area contributed by atoms with E-state index in [0.717, 1.165) is 11.1 Å². The molecule has 0 spiro atoms. The summed E-state index contributed by atoms with van der Waals surface area (Å²) in [7, 11) is -0.495. The highest BCUT2D eigenvalue weighted by atomic mass is 32.2. The lowest BCUT2D eigenvalue weighted by atomic mass is 10.2. The first-order chi connectivity index (χ1) is 13.8. The van der Waals surface area contributed by atoms with E-state index in [1.165, 1.54) is 4.31 Å². The Bertz CT molecular complexity index is 833. The van der Waals surface area contributed by atoms with Gasteiger partial charge in [-0.1, -0.05) is 24.3 Å². The van der Waals surface area contributed by atoms with E-state index < -0.39 is 16.0 Å². The molecule has 0 aliphatic rings. The van der Waals surface area contributed by atoms with Crippen molar-refractivity contribution in [3.05, 3.63) is 59.7 Å². The number of aliphatic carboxylic acids is 1. The molecule has 0 amide bonds. The second kappa shape index (κ2) is 10.8. The Kier molecular flexibility index (Phi) is 8.44. The average Bonchev–Trinajstić information content (AvgIpc) is 2.71. The highest BCUT2D eigenvalue weighted by molar-refractivity contribution is 7.89. The molecule has 0 unspecified atom stereocenters. The van der Waals surface area contributed by atoms with Crippen LogP contribution in [0.25, 0.3) is 0 Å². The van der Waals surface area contributed by atoms with Crippen LogP contribution < -0.4 is 14.8 Å². The number of hydrogen-bond acceptors (Lipinski definition) is 6. The van der Waals surface area contributed by atoms with Crippen molar-refractivity contribution in [2.45, 2.75) is 13.1 Å². The van der Waals surface area contributed by atoms with Crippen molar-refractivity contribution in [2.75, 3.05) is 33.1 Å². The van der Waals surface area contributed by atoms with Gasteiger partial charge >= 0.3 is 5.97 Å². The first kappa shape index (κ1) is 22.7. The third-order valence-electron chi connectivity index (χ3n) is 4.24. The minimum absolute atomic E-state index is 0.0519. The van der Waals surface area contributed by atoms with Gasteiger partial charge in [-0.2, -0.15) is 4.31 Å². The predicted molar refractivity (Wildman–Crippen MR) is 110 cm³/mol. The summed E-state index contributed by atoms with van der Waals surface area (Å²) < 4.78 is 37.5. The Balaban J connectivity index is 2.16. The molecule has 0 aliphatic carbocycles. The number of nitrogens with zero attached hydrogens (tertiary/aromatic N) is 1. The van der Waals surface area contributed by atoms with Gasteiger partial charge in [0, 0.05) is 19.6 Å². The number of sulfonamides is 1. The van der Waals surface area contributed by atoms with E-state index in [1.807, 2.05) is 24.3 Å². The van der Waals surface area contributed by atoms with Crippen molar-refractivity contribution in [1.82, 2.24) is 9.62 Å². The molecule has 2 rings (SSSR count). The summed E-state index contributed by atoms with van der Waals surface area (Å²) in [5.41, 5.74) is 1.64. The quantitative estimate of drug-likeness (QED) is 0.502. The van der Waals surface area contributed by atoms with Gasteiger partial charge in [-0.25, -0.2) is 8.42 Å². The number of ether oxygens (including phenoxy) is 2. The van der Waals surface area contributed by atoms with Gasteiger partial charge in [0.25, 0.3) is 0 Å². The van der Waals surface area contributed by atoms with Crippen LogP contribution in [0.15, 0.2) is 48.5 Å². The molecule has 8 nitrogen and oxygen atoms in total. The van der Waals surface area contributed by atoms with Crippen LogP contribution in [0.4, 0.5) is 0 Å². The van der Waals surface area contributed by atoms with Crippen LogP contribution in [-0.4, -0.2) is 56.9 Å². The first-order valence-corrected chi connectivity index (χ1v) is 10.6. The molecule has 0 aliphatic heterocycles. The molecule has 0 aromatic heterocycles. The van der Waals surface area contributed by atoms with Gasteiger partial charge in [0.15, 0.2) is 0 Å².